The van der Waals surface area contributed by atoms with E-state index in [1.807, 2.05) is 19.1 Å². The van der Waals surface area contributed by atoms with E-state index in [1.54, 1.807) is 12.3 Å². The third kappa shape index (κ3) is 4.93. The second kappa shape index (κ2) is 7.40. The molecule has 0 N–H and O–H groups in total. The van der Waals surface area contributed by atoms with Crippen LogP contribution in [-0.2, 0) is 14.5 Å². The summed E-state index contributed by atoms with van der Waals surface area (Å²) in [4.78, 5) is 0. The van der Waals surface area contributed by atoms with Crippen molar-refractivity contribution in [2.24, 2.45) is 0 Å². The fourth-order valence-electron chi connectivity index (χ4n) is 2.91. The SMILES string of the molecule is C=CCCC(C)(O[Si](C)(C)C)C(C#N)(O[Si](C)(C)C)c1ccco1. The normalized spacial score (nSPS) is 17.6. The number of nitrogens with zero attached hydrogens (tertiary/aromatic N) is 1. The molecule has 134 valence electrons. The van der Waals surface area contributed by atoms with Gasteiger partial charge in [0.25, 0.3) is 0 Å². The zero-order valence-electron chi connectivity index (χ0n) is 16.1. The van der Waals surface area contributed by atoms with Crippen molar-refractivity contribution in [1.82, 2.24) is 0 Å². The predicted octanol–water partition coefficient (Wildman–Crippen LogP) is 5.43. The molecule has 1 aromatic heterocycles. The zero-order chi connectivity index (χ0) is 18.6. The van der Waals surface area contributed by atoms with Gasteiger partial charge in [0.15, 0.2) is 22.4 Å². The van der Waals surface area contributed by atoms with Crippen LogP contribution >= 0.6 is 0 Å². The van der Waals surface area contributed by atoms with Gasteiger partial charge in [0, 0.05) is 0 Å². The average molecular weight is 366 g/mol. The van der Waals surface area contributed by atoms with Gasteiger partial charge in [-0.2, -0.15) is 5.26 Å². The van der Waals surface area contributed by atoms with E-state index in [0.717, 1.165) is 6.42 Å². The van der Waals surface area contributed by atoms with E-state index < -0.39 is 27.8 Å². The number of nitriles is 1. The first kappa shape index (κ1) is 20.9. The molecule has 0 amide bonds. The van der Waals surface area contributed by atoms with E-state index in [2.05, 4.69) is 51.9 Å². The third-order valence-corrected chi connectivity index (χ3v) is 5.57. The Morgan fingerprint density at radius 2 is 1.79 bits per heavy atom. The van der Waals surface area contributed by atoms with Crippen LogP contribution in [0.4, 0.5) is 0 Å². The Morgan fingerprint density at radius 1 is 1.21 bits per heavy atom. The van der Waals surface area contributed by atoms with Crippen LogP contribution in [0.2, 0.25) is 39.3 Å². The highest BCUT2D eigenvalue weighted by Gasteiger charge is 2.57. The van der Waals surface area contributed by atoms with Crippen molar-refractivity contribution in [2.75, 3.05) is 0 Å². The molecule has 2 unspecified atom stereocenters. The summed E-state index contributed by atoms with van der Waals surface area (Å²) in [6.45, 7) is 18.4. The molecule has 1 heterocycles. The van der Waals surface area contributed by atoms with Gasteiger partial charge in [0.05, 0.1) is 6.26 Å². The Balaban J connectivity index is 3.56. The van der Waals surface area contributed by atoms with Crippen molar-refractivity contribution in [1.29, 1.82) is 5.26 Å². The molecule has 0 radical (unpaired) electrons. The molecule has 0 bridgehead atoms. The smallest absolute Gasteiger partial charge is 0.230 e. The molecular formula is C18H31NO3Si2. The molecule has 0 saturated carbocycles. The Labute approximate surface area is 148 Å². The summed E-state index contributed by atoms with van der Waals surface area (Å²) in [5.41, 5.74) is -2.09. The molecule has 24 heavy (non-hydrogen) atoms. The van der Waals surface area contributed by atoms with Gasteiger partial charge in [-0.3, -0.25) is 0 Å². The van der Waals surface area contributed by atoms with Crippen LogP contribution in [0.3, 0.4) is 0 Å². The lowest BCUT2D eigenvalue weighted by atomic mass is 9.80. The van der Waals surface area contributed by atoms with Gasteiger partial charge in [0.1, 0.15) is 11.7 Å². The molecule has 1 aromatic rings. The predicted molar refractivity (Wildman–Crippen MR) is 103 cm³/mol. The fraction of sp³-hybridized carbons (Fsp3) is 0.611. The first-order valence-electron chi connectivity index (χ1n) is 8.36. The second-order valence-corrected chi connectivity index (χ2v) is 17.1. The van der Waals surface area contributed by atoms with Crippen LogP contribution in [0.25, 0.3) is 0 Å². The maximum absolute atomic E-state index is 10.2. The summed E-state index contributed by atoms with van der Waals surface area (Å²) in [5.74, 6) is 0.511. The van der Waals surface area contributed by atoms with Crippen molar-refractivity contribution < 1.29 is 13.3 Å². The van der Waals surface area contributed by atoms with Gasteiger partial charge in [-0.05, 0) is 71.2 Å². The zero-order valence-corrected chi connectivity index (χ0v) is 18.1. The van der Waals surface area contributed by atoms with Crippen LogP contribution in [-0.4, -0.2) is 22.2 Å². The highest BCUT2D eigenvalue weighted by Crippen LogP contribution is 2.45. The van der Waals surface area contributed by atoms with E-state index in [4.69, 9.17) is 13.3 Å². The maximum Gasteiger partial charge on any atom is 0.230 e. The van der Waals surface area contributed by atoms with E-state index in [-0.39, 0.29) is 0 Å². The Bertz CT molecular complexity index is 581. The molecule has 6 heteroatoms. The maximum atomic E-state index is 10.2. The van der Waals surface area contributed by atoms with Gasteiger partial charge in [-0.25, -0.2) is 0 Å². The summed E-state index contributed by atoms with van der Waals surface area (Å²) in [6.07, 6.45) is 4.81. The van der Waals surface area contributed by atoms with E-state index in [1.165, 1.54) is 0 Å². The lowest BCUT2D eigenvalue weighted by molar-refractivity contribution is -0.102. The molecule has 0 fully saturated rings. The number of rotatable bonds is 9. The summed E-state index contributed by atoms with van der Waals surface area (Å²) in [5, 5.41) is 10.2. The Morgan fingerprint density at radius 3 is 2.17 bits per heavy atom. The second-order valence-electron chi connectivity index (χ2n) is 8.26. The summed E-state index contributed by atoms with van der Waals surface area (Å²) in [7, 11) is -4.02. The minimum atomic E-state index is -2.07. The number of allylic oxidation sites excluding steroid dienone is 1. The van der Waals surface area contributed by atoms with Crippen LogP contribution in [0.1, 0.15) is 25.5 Å². The van der Waals surface area contributed by atoms with Crippen molar-refractivity contribution in [2.45, 2.75) is 70.2 Å². The van der Waals surface area contributed by atoms with Crippen molar-refractivity contribution in [3.05, 3.63) is 36.8 Å². The van der Waals surface area contributed by atoms with Gasteiger partial charge in [0.2, 0.25) is 5.60 Å². The van der Waals surface area contributed by atoms with Crippen LogP contribution in [0, 0.1) is 11.3 Å². The van der Waals surface area contributed by atoms with Crippen molar-refractivity contribution in [3.8, 4) is 6.07 Å². The van der Waals surface area contributed by atoms with E-state index in [0.29, 0.717) is 12.2 Å². The molecule has 1 rings (SSSR count). The molecule has 4 nitrogen and oxygen atoms in total. The minimum absolute atomic E-state index is 0.511. The molecule has 0 aliphatic carbocycles. The van der Waals surface area contributed by atoms with Crippen LogP contribution in [0.5, 0.6) is 0 Å². The molecule has 0 saturated heterocycles. The fourth-order valence-corrected chi connectivity index (χ4v) is 5.78. The average Bonchev–Trinajstić information content (AvgIpc) is 2.93. The minimum Gasteiger partial charge on any atom is -0.465 e. The first-order chi connectivity index (χ1) is 10.9. The summed E-state index contributed by atoms with van der Waals surface area (Å²) in [6, 6.07) is 6.03. The molecule has 0 spiro atoms. The Hall–Kier alpha value is -1.14. The van der Waals surface area contributed by atoms with Crippen molar-refractivity contribution >= 4 is 16.6 Å². The van der Waals surface area contributed by atoms with Gasteiger partial charge in [-0.1, -0.05) is 6.08 Å². The number of hydrogen-bond acceptors (Lipinski definition) is 4. The summed E-state index contributed by atoms with van der Waals surface area (Å²) < 4.78 is 18.7. The molecule has 0 aliphatic rings. The Kier molecular flexibility index (Phi) is 6.45. The van der Waals surface area contributed by atoms with Crippen LogP contribution < -0.4 is 0 Å². The lowest BCUT2D eigenvalue weighted by Gasteiger charge is -2.48. The number of hydrogen-bond donors (Lipinski definition) is 0. The van der Waals surface area contributed by atoms with Gasteiger partial charge >= 0.3 is 0 Å². The van der Waals surface area contributed by atoms with Gasteiger partial charge in [-0.15, -0.1) is 6.58 Å². The van der Waals surface area contributed by atoms with Crippen molar-refractivity contribution in [3.63, 3.8) is 0 Å². The van der Waals surface area contributed by atoms with Crippen LogP contribution in [0.15, 0.2) is 35.5 Å². The molecule has 2 atom stereocenters. The van der Waals surface area contributed by atoms with Gasteiger partial charge < -0.3 is 13.3 Å². The molecule has 0 aromatic carbocycles. The number of furan rings is 1. The van der Waals surface area contributed by atoms with E-state index >= 15 is 0 Å². The van der Waals surface area contributed by atoms with E-state index in [9.17, 15) is 5.26 Å². The molecular weight excluding hydrogens is 334 g/mol. The third-order valence-electron chi connectivity index (χ3n) is 3.59. The first-order valence-corrected chi connectivity index (χ1v) is 15.2. The topological polar surface area (TPSA) is 55.4 Å². The highest BCUT2D eigenvalue weighted by molar-refractivity contribution is 6.70. The lowest BCUT2D eigenvalue weighted by Crippen LogP contribution is -2.59. The quantitative estimate of drug-likeness (QED) is 0.433. The highest BCUT2D eigenvalue weighted by atomic mass is 28.4. The summed E-state index contributed by atoms with van der Waals surface area (Å²) >= 11 is 0. The monoisotopic (exact) mass is 365 g/mol. The standard InChI is InChI=1S/C18H31NO3Si2/c1-9-10-13-17(2,21-23(3,4)5)18(15-19,22-24(6,7)8)16-12-11-14-20-16/h9,11-12,14H,1,10,13H2,2-8H3. The largest absolute Gasteiger partial charge is 0.465 e. The molecule has 0 aliphatic heterocycles.